The number of hydrogen-bond acceptors (Lipinski definition) is 3. The first-order chi connectivity index (χ1) is 23.0. The average molecular weight is 608 g/mol. The summed E-state index contributed by atoms with van der Waals surface area (Å²) in [6.45, 7) is 6.73. The number of fused-ring (bicyclic) bond motifs is 8. The fourth-order valence-corrected chi connectivity index (χ4v) is 7.15. The number of furan rings is 2. The lowest BCUT2D eigenvalue weighted by Gasteiger charge is -2.27. The molecule has 9 rings (SSSR count). The fraction of sp³-hybridized carbons (Fsp3) is 0.0909. The lowest BCUT2D eigenvalue weighted by molar-refractivity contribution is 0.573. The van der Waals surface area contributed by atoms with Crippen LogP contribution in [0.4, 0.5) is 17.1 Å². The van der Waals surface area contributed by atoms with Crippen molar-refractivity contribution in [2.45, 2.75) is 26.2 Å². The van der Waals surface area contributed by atoms with Crippen LogP contribution < -0.4 is 4.90 Å². The minimum Gasteiger partial charge on any atom is -0.455 e. The molecule has 0 spiro atoms. The SMILES string of the molecule is CC(C)(C)c1cccc2c1oc1c(N(c3cccc(-c4ccccc4)c3)c3cc4c5ccccc5oc4c4ccccc34)cccc12. The highest BCUT2D eigenvalue weighted by Gasteiger charge is 2.26. The zero-order chi connectivity index (χ0) is 31.7. The van der Waals surface area contributed by atoms with E-state index in [1.165, 1.54) is 11.1 Å². The van der Waals surface area contributed by atoms with Crippen LogP contribution in [0.15, 0.2) is 154 Å². The fourth-order valence-electron chi connectivity index (χ4n) is 7.15. The Balaban J connectivity index is 1.40. The van der Waals surface area contributed by atoms with Crippen LogP contribution in [0.2, 0.25) is 0 Å². The number of nitrogens with zero attached hydrogens (tertiary/aromatic N) is 1. The predicted octanol–water partition coefficient (Wildman–Crippen LogP) is 13.1. The summed E-state index contributed by atoms with van der Waals surface area (Å²) in [6.07, 6.45) is 0. The quantitative estimate of drug-likeness (QED) is 0.199. The minimum absolute atomic E-state index is 0.0686. The summed E-state index contributed by atoms with van der Waals surface area (Å²) < 4.78 is 13.5. The summed E-state index contributed by atoms with van der Waals surface area (Å²) in [5.74, 6) is 0. The maximum atomic E-state index is 6.97. The van der Waals surface area contributed by atoms with Crippen LogP contribution in [-0.4, -0.2) is 0 Å². The molecule has 0 aliphatic heterocycles. The lowest BCUT2D eigenvalue weighted by Crippen LogP contribution is -2.11. The third-order valence-corrected chi connectivity index (χ3v) is 9.37. The molecule has 0 unspecified atom stereocenters. The molecule has 0 radical (unpaired) electrons. The van der Waals surface area contributed by atoms with Crippen LogP contribution in [0.25, 0.3) is 65.8 Å². The van der Waals surface area contributed by atoms with E-state index < -0.39 is 0 Å². The van der Waals surface area contributed by atoms with Gasteiger partial charge in [-0.2, -0.15) is 0 Å². The molecule has 0 saturated carbocycles. The lowest BCUT2D eigenvalue weighted by atomic mass is 9.86. The number of para-hydroxylation sites is 3. The van der Waals surface area contributed by atoms with Crippen molar-refractivity contribution in [3.63, 3.8) is 0 Å². The van der Waals surface area contributed by atoms with E-state index in [4.69, 9.17) is 8.83 Å². The maximum absolute atomic E-state index is 6.97. The van der Waals surface area contributed by atoms with E-state index in [0.29, 0.717) is 0 Å². The normalized spacial score (nSPS) is 12.1. The van der Waals surface area contributed by atoms with Crippen molar-refractivity contribution in [2.24, 2.45) is 0 Å². The molecule has 0 N–H and O–H groups in total. The molecular formula is C44H33NO2. The van der Waals surface area contributed by atoms with Gasteiger partial charge in [-0.05, 0) is 46.9 Å². The van der Waals surface area contributed by atoms with Gasteiger partial charge < -0.3 is 13.7 Å². The van der Waals surface area contributed by atoms with Crippen molar-refractivity contribution in [1.29, 1.82) is 0 Å². The topological polar surface area (TPSA) is 29.5 Å². The minimum atomic E-state index is -0.0686. The summed E-state index contributed by atoms with van der Waals surface area (Å²) in [5.41, 5.74) is 10.2. The summed E-state index contributed by atoms with van der Waals surface area (Å²) in [6, 6.07) is 51.6. The highest BCUT2D eigenvalue weighted by atomic mass is 16.3. The molecule has 3 nitrogen and oxygen atoms in total. The maximum Gasteiger partial charge on any atom is 0.159 e. The summed E-state index contributed by atoms with van der Waals surface area (Å²) in [5, 5.41) is 6.61. The van der Waals surface area contributed by atoms with E-state index in [1.807, 2.05) is 12.1 Å². The molecular weight excluding hydrogens is 574 g/mol. The molecule has 0 saturated heterocycles. The molecule has 0 amide bonds. The molecule has 0 aliphatic rings. The van der Waals surface area contributed by atoms with Crippen LogP contribution in [0.5, 0.6) is 0 Å². The van der Waals surface area contributed by atoms with Gasteiger partial charge in [0.1, 0.15) is 16.7 Å². The summed E-state index contributed by atoms with van der Waals surface area (Å²) in [4.78, 5) is 2.37. The van der Waals surface area contributed by atoms with Crippen LogP contribution in [0, 0.1) is 0 Å². The zero-order valence-corrected chi connectivity index (χ0v) is 26.6. The number of benzene rings is 7. The van der Waals surface area contributed by atoms with E-state index in [2.05, 4.69) is 159 Å². The van der Waals surface area contributed by atoms with Crippen molar-refractivity contribution in [3.05, 3.63) is 151 Å². The van der Waals surface area contributed by atoms with Crippen molar-refractivity contribution in [2.75, 3.05) is 4.90 Å². The van der Waals surface area contributed by atoms with Crippen molar-refractivity contribution < 1.29 is 8.83 Å². The molecule has 2 aromatic heterocycles. The van der Waals surface area contributed by atoms with Gasteiger partial charge in [-0.1, -0.05) is 136 Å². The van der Waals surface area contributed by atoms with Crippen molar-refractivity contribution in [1.82, 2.24) is 0 Å². The second-order valence-electron chi connectivity index (χ2n) is 13.4. The average Bonchev–Trinajstić information content (AvgIpc) is 3.68. The van der Waals surface area contributed by atoms with E-state index in [0.717, 1.165) is 77.3 Å². The molecule has 3 heteroatoms. The van der Waals surface area contributed by atoms with Crippen molar-refractivity contribution in [3.8, 4) is 11.1 Å². The monoisotopic (exact) mass is 607 g/mol. The van der Waals surface area contributed by atoms with Gasteiger partial charge in [-0.25, -0.2) is 0 Å². The highest BCUT2D eigenvalue weighted by Crippen LogP contribution is 2.48. The van der Waals surface area contributed by atoms with Crippen LogP contribution in [-0.2, 0) is 5.41 Å². The summed E-state index contributed by atoms with van der Waals surface area (Å²) >= 11 is 0. The Morgan fingerprint density at radius 3 is 1.85 bits per heavy atom. The Morgan fingerprint density at radius 1 is 0.426 bits per heavy atom. The van der Waals surface area contributed by atoms with Gasteiger partial charge in [0.25, 0.3) is 0 Å². The Kier molecular flexibility index (Phi) is 6.07. The first kappa shape index (κ1) is 27.5. The molecule has 47 heavy (non-hydrogen) atoms. The number of rotatable bonds is 4. The van der Waals surface area contributed by atoms with Crippen LogP contribution >= 0.6 is 0 Å². The first-order valence-electron chi connectivity index (χ1n) is 16.2. The van der Waals surface area contributed by atoms with Gasteiger partial charge in [-0.15, -0.1) is 0 Å². The molecule has 2 heterocycles. The Bertz CT molecular complexity index is 2620. The van der Waals surface area contributed by atoms with Crippen LogP contribution in [0.3, 0.4) is 0 Å². The number of hydrogen-bond donors (Lipinski definition) is 0. The largest absolute Gasteiger partial charge is 0.455 e. The van der Waals surface area contributed by atoms with E-state index >= 15 is 0 Å². The molecule has 9 aromatic rings. The van der Waals surface area contributed by atoms with Gasteiger partial charge >= 0.3 is 0 Å². The highest BCUT2D eigenvalue weighted by molar-refractivity contribution is 6.20. The Hall–Kier alpha value is -5.80. The third-order valence-electron chi connectivity index (χ3n) is 9.37. The second-order valence-corrected chi connectivity index (χ2v) is 13.4. The predicted molar refractivity (Wildman–Crippen MR) is 197 cm³/mol. The van der Waals surface area contributed by atoms with Gasteiger partial charge in [0, 0.05) is 43.6 Å². The smallest absolute Gasteiger partial charge is 0.159 e. The Morgan fingerprint density at radius 2 is 1.04 bits per heavy atom. The second kappa shape index (κ2) is 10.4. The third kappa shape index (κ3) is 4.34. The van der Waals surface area contributed by atoms with Crippen molar-refractivity contribution >= 4 is 71.7 Å². The molecule has 0 aliphatic carbocycles. The van der Waals surface area contributed by atoms with Gasteiger partial charge in [0.05, 0.1) is 11.4 Å². The molecule has 0 fully saturated rings. The number of anilines is 3. The molecule has 0 atom stereocenters. The molecule has 0 bridgehead atoms. The molecule has 7 aromatic carbocycles. The zero-order valence-electron chi connectivity index (χ0n) is 26.6. The van der Waals surface area contributed by atoms with E-state index in [1.54, 1.807) is 0 Å². The van der Waals surface area contributed by atoms with Gasteiger partial charge in [0.2, 0.25) is 0 Å². The van der Waals surface area contributed by atoms with E-state index in [-0.39, 0.29) is 5.41 Å². The van der Waals surface area contributed by atoms with Gasteiger partial charge in [0.15, 0.2) is 5.58 Å². The standard InChI is InChI=1S/C44H33NO2/c1-44(2,3)37-23-12-21-34-35-22-13-24-38(43(35)47-42(34)37)45(30-17-11-16-29(26-30)28-14-5-4-6-15-28)39-27-36-32-19-9-10-25-40(32)46-41(36)33-20-8-7-18-31(33)39/h4-27H,1-3H3. The molecule has 226 valence electrons. The van der Waals surface area contributed by atoms with E-state index in [9.17, 15) is 0 Å². The van der Waals surface area contributed by atoms with Crippen LogP contribution in [0.1, 0.15) is 26.3 Å². The Labute approximate surface area is 273 Å². The summed E-state index contributed by atoms with van der Waals surface area (Å²) in [7, 11) is 0. The van der Waals surface area contributed by atoms with Gasteiger partial charge in [-0.3, -0.25) is 0 Å². The first-order valence-corrected chi connectivity index (χ1v) is 16.2.